The minimum Gasteiger partial charge on any atom is -0.468 e. The van der Waals surface area contributed by atoms with Crippen LogP contribution >= 0.6 is 0 Å². The topological polar surface area (TPSA) is 88.4 Å². The van der Waals surface area contributed by atoms with Gasteiger partial charge in [-0.3, -0.25) is 4.79 Å². The molecule has 0 radical (unpaired) electrons. The minimum atomic E-state index is -3.71. The first-order chi connectivity index (χ1) is 13.0. The van der Waals surface area contributed by atoms with Crippen LogP contribution in [0.4, 0.5) is 5.69 Å². The molecule has 2 aromatic carbocycles. The number of benzene rings is 2. The van der Waals surface area contributed by atoms with E-state index in [-0.39, 0.29) is 17.3 Å². The first-order valence-electron chi connectivity index (χ1n) is 7.98. The van der Waals surface area contributed by atoms with Gasteiger partial charge in [-0.15, -0.1) is 6.42 Å². The lowest BCUT2D eigenvalue weighted by Gasteiger charge is -2.08. The van der Waals surface area contributed by atoms with Crippen molar-refractivity contribution in [3.05, 3.63) is 83.8 Å². The molecule has 1 heterocycles. The number of terminal acetylenes is 1. The standard InChI is InChI=1S/C20H16N2O4S/c1-2-15-5-3-6-17(13-15)22-20(23)16-8-10-19(11-9-16)27(24,25)21-14-18-7-4-12-26-18/h1,3-13,21H,14H2,(H,22,23). The fourth-order valence-corrected chi connectivity index (χ4v) is 3.33. The predicted molar refractivity (Wildman–Crippen MR) is 102 cm³/mol. The molecule has 0 saturated carbocycles. The Morgan fingerprint density at radius 3 is 2.52 bits per heavy atom. The number of carbonyl (C=O) groups excluding carboxylic acids is 1. The third-order valence-electron chi connectivity index (χ3n) is 3.73. The van der Waals surface area contributed by atoms with Crippen LogP contribution in [0.1, 0.15) is 21.7 Å². The van der Waals surface area contributed by atoms with Crippen molar-refractivity contribution in [3.8, 4) is 12.3 Å². The maximum Gasteiger partial charge on any atom is 0.255 e. The highest BCUT2D eigenvalue weighted by Crippen LogP contribution is 2.15. The first kappa shape index (κ1) is 18.5. The highest BCUT2D eigenvalue weighted by atomic mass is 32.2. The van der Waals surface area contributed by atoms with Gasteiger partial charge in [0, 0.05) is 16.8 Å². The van der Waals surface area contributed by atoms with Crippen LogP contribution in [0, 0.1) is 12.3 Å². The average molecular weight is 380 g/mol. The summed E-state index contributed by atoms with van der Waals surface area (Å²) < 4.78 is 32.1. The SMILES string of the molecule is C#Cc1cccc(NC(=O)c2ccc(S(=O)(=O)NCc3ccco3)cc2)c1. The van der Waals surface area contributed by atoms with Crippen LogP contribution in [-0.2, 0) is 16.6 Å². The second kappa shape index (κ2) is 7.91. The van der Waals surface area contributed by atoms with Gasteiger partial charge in [0.05, 0.1) is 17.7 Å². The average Bonchev–Trinajstić information content (AvgIpc) is 3.20. The van der Waals surface area contributed by atoms with E-state index in [2.05, 4.69) is 16.0 Å². The largest absolute Gasteiger partial charge is 0.468 e. The number of rotatable bonds is 6. The Morgan fingerprint density at radius 2 is 1.85 bits per heavy atom. The van der Waals surface area contributed by atoms with Crippen molar-refractivity contribution in [1.82, 2.24) is 4.72 Å². The molecule has 1 amide bonds. The Kier molecular flexibility index (Phi) is 5.41. The Bertz CT molecular complexity index is 1080. The first-order valence-corrected chi connectivity index (χ1v) is 9.46. The number of hydrogen-bond donors (Lipinski definition) is 2. The van der Waals surface area contributed by atoms with Gasteiger partial charge in [-0.25, -0.2) is 13.1 Å². The van der Waals surface area contributed by atoms with E-state index in [1.54, 1.807) is 36.4 Å². The Morgan fingerprint density at radius 1 is 1.07 bits per heavy atom. The molecule has 3 aromatic rings. The molecule has 0 bridgehead atoms. The van der Waals surface area contributed by atoms with Gasteiger partial charge < -0.3 is 9.73 Å². The number of hydrogen-bond acceptors (Lipinski definition) is 4. The monoisotopic (exact) mass is 380 g/mol. The van der Waals surface area contributed by atoms with Crippen LogP contribution in [0.3, 0.4) is 0 Å². The van der Waals surface area contributed by atoms with Crippen LogP contribution in [0.25, 0.3) is 0 Å². The summed E-state index contributed by atoms with van der Waals surface area (Å²) in [7, 11) is -3.71. The summed E-state index contributed by atoms with van der Waals surface area (Å²) >= 11 is 0. The van der Waals surface area contributed by atoms with Crippen molar-refractivity contribution in [2.24, 2.45) is 0 Å². The maximum atomic E-state index is 12.3. The number of anilines is 1. The molecule has 0 atom stereocenters. The van der Waals surface area contributed by atoms with Gasteiger partial charge in [0.15, 0.2) is 0 Å². The Labute approximate surface area is 157 Å². The van der Waals surface area contributed by atoms with Gasteiger partial charge in [-0.05, 0) is 54.6 Å². The highest BCUT2D eigenvalue weighted by molar-refractivity contribution is 7.89. The van der Waals surface area contributed by atoms with Crippen molar-refractivity contribution in [3.63, 3.8) is 0 Å². The van der Waals surface area contributed by atoms with Crippen molar-refractivity contribution >= 4 is 21.6 Å². The molecule has 0 aliphatic heterocycles. The Balaban J connectivity index is 1.68. The fraction of sp³-hybridized carbons (Fsp3) is 0.0500. The molecule has 3 rings (SSSR count). The Hall–Kier alpha value is -3.34. The lowest BCUT2D eigenvalue weighted by Crippen LogP contribution is -2.23. The zero-order valence-electron chi connectivity index (χ0n) is 14.2. The van der Waals surface area contributed by atoms with E-state index in [4.69, 9.17) is 10.8 Å². The predicted octanol–water partition coefficient (Wildman–Crippen LogP) is 2.99. The lowest BCUT2D eigenvalue weighted by atomic mass is 10.2. The van der Waals surface area contributed by atoms with Crippen LogP contribution in [0.5, 0.6) is 0 Å². The molecule has 1 aromatic heterocycles. The van der Waals surface area contributed by atoms with E-state index in [9.17, 15) is 13.2 Å². The van der Waals surface area contributed by atoms with Gasteiger partial charge in [0.25, 0.3) is 5.91 Å². The second-order valence-electron chi connectivity index (χ2n) is 5.61. The molecule has 2 N–H and O–H groups in total. The van der Waals surface area contributed by atoms with Gasteiger partial charge in [-0.1, -0.05) is 12.0 Å². The highest BCUT2D eigenvalue weighted by Gasteiger charge is 2.15. The molecule has 7 heteroatoms. The van der Waals surface area contributed by atoms with Crippen LogP contribution in [0.15, 0.2) is 76.2 Å². The van der Waals surface area contributed by atoms with Gasteiger partial charge in [0.1, 0.15) is 5.76 Å². The zero-order valence-corrected chi connectivity index (χ0v) is 15.0. The summed E-state index contributed by atoms with van der Waals surface area (Å²) in [4.78, 5) is 12.4. The van der Waals surface area contributed by atoms with Crippen LogP contribution < -0.4 is 10.0 Å². The van der Waals surface area contributed by atoms with Crippen LogP contribution in [0.2, 0.25) is 0 Å². The lowest BCUT2D eigenvalue weighted by molar-refractivity contribution is 0.102. The number of nitrogens with one attached hydrogen (secondary N) is 2. The minimum absolute atomic E-state index is 0.0447. The summed E-state index contributed by atoms with van der Waals surface area (Å²) in [6.45, 7) is 0.0447. The molecule has 0 spiro atoms. The number of amides is 1. The van der Waals surface area contributed by atoms with Crippen molar-refractivity contribution in [2.75, 3.05) is 5.32 Å². The molecule has 6 nitrogen and oxygen atoms in total. The van der Waals surface area contributed by atoms with E-state index in [1.807, 2.05) is 0 Å². The number of sulfonamides is 1. The molecule has 0 aliphatic carbocycles. The molecule has 0 fully saturated rings. The van der Waals surface area contributed by atoms with Crippen LogP contribution in [-0.4, -0.2) is 14.3 Å². The van der Waals surface area contributed by atoms with E-state index in [0.717, 1.165) is 0 Å². The smallest absolute Gasteiger partial charge is 0.255 e. The van der Waals surface area contributed by atoms with Gasteiger partial charge in [0.2, 0.25) is 10.0 Å². The third-order valence-corrected chi connectivity index (χ3v) is 5.15. The fourth-order valence-electron chi connectivity index (χ4n) is 2.34. The summed E-state index contributed by atoms with van der Waals surface area (Å²) in [5.41, 5.74) is 1.54. The number of furan rings is 1. The summed E-state index contributed by atoms with van der Waals surface area (Å²) in [6.07, 6.45) is 6.81. The summed E-state index contributed by atoms with van der Waals surface area (Å²) in [5, 5.41) is 2.72. The molecule has 136 valence electrons. The van der Waals surface area contributed by atoms with E-state index in [0.29, 0.717) is 22.6 Å². The quantitative estimate of drug-likeness (QED) is 0.644. The molecule has 0 saturated heterocycles. The van der Waals surface area contributed by atoms with E-state index >= 15 is 0 Å². The number of carbonyl (C=O) groups is 1. The summed E-state index contributed by atoms with van der Waals surface area (Å²) in [5.74, 6) is 2.63. The summed E-state index contributed by atoms with van der Waals surface area (Å²) in [6, 6.07) is 15.9. The molecule has 27 heavy (non-hydrogen) atoms. The molecular weight excluding hydrogens is 364 g/mol. The van der Waals surface area contributed by atoms with Crippen molar-refractivity contribution in [2.45, 2.75) is 11.4 Å². The molecular formula is C20H16N2O4S. The maximum absolute atomic E-state index is 12.3. The van der Waals surface area contributed by atoms with E-state index < -0.39 is 10.0 Å². The zero-order chi connectivity index (χ0) is 19.3. The molecule has 0 aliphatic rings. The van der Waals surface area contributed by atoms with E-state index in [1.165, 1.54) is 30.5 Å². The van der Waals surface area contributed by atoms with Crippen molar-refractivity contribution < 1.29 is 17.6 Å². The molecule has 0 unspecified atom stereocenters. The van der Waals surface area contributed by atoms with Gasteiger partial charge in [-0.2, -0.15) is 0 Å². The van der Waals surface area contributed by atoms with Gasteiger partial charge >= 0.3 is 0 Å². The third kappa shape index (κ3) is 4.64. The second-order valence-corrected chi connectivity index (χ2v) is 7.37. The van der Waals surface area contributed by atoms with Crippen molar-refractivity contribution in [1.29, 1.82) is 0 Å². The normalized spacial score (nSPS) is 10.9.